The van der Waals surface area contributed by atoms with Crippen molar-refractivity contribution < 1.29 is 13.2 Å². The maximum atomic E-state index is 12.7. The lowest BCUT2D eigenvalue weighted by atomic mass is 10.0. The molecule has 0 spiro atoms. The van der Waals surface area contributed by atoms with Gasteiger partial charge in [0.25, 0.3) is 0 Å². The van der Waals surface area contributed by atoms with Crippen LogP contribution in [-0.2, 0) is 21.4 Å². The Hall–Kier alpha value is -2.38. The van der Waals surface area contributed by atoms with Gasteiger partial charge in [-0.1, -0.05) is 43.7 Å². The quantitative estimate of drug-likeness (QED) is 0.657. The molecule has 1 atom stereocenters. The third kappa shape index (κ3) is 6.87. The van der Waals surface area contributed by atoms with Gasteiger partial charge < -0.3 is 10.2 Å². The second-order valence-corrected chi connectivity index (χ2v) is 9.61. The van der Waals surface area contributed by atoms with E-state index in [4.69, 9.17) is 0 Å². The van der Waals surface area contributed by atoms with Crippen molar-refractivity contribution in [2.45, 2.75) is 44.7 Å². The van der Waals surface area contributed by atoms with Crippen LogP contribution in [0.5, 0.6) is 0 Å². The highest BCUT2D eigenvalue weighted by Gasteiger charge is 2.26. The van der Waals surface area contributed by atoms with Gasteiger partial charge in [0.15, 0.2) is 0 Å². The highest BCUT2D eigenvalue weighted by Crippen LogP contribution is 2.15. The van der Waals surface area contributed by atoms with Crippen LogP contribution in [0.4, 0.5) is 5.69 Å². The second kappa shape index (κ2) is 9.89. The molecule has 29 heavy (non-hydrogen) atoms. The molecule has 0 aliphatic rings. The molecule has 2 aromatic carbocycles. The van der Waals surface area contributed by atoms with Crippen LogP contribution < -0.4 is 14.9 Å². The Bertz CT molecular complexity index is 905. The fourth-order valence-electron chi connectivity index (χ4n) is 2.88. The number of nitrogens with zero attached hydrogens (tertiary/aromatic N) is 1. The molecule has 158 valence electrons. The summed E-state index contributed by atoms with van der Waals surface area (Å²) in [6.45, 7) is 6.15. The first-order valence-corrected chi connectivity index (χ1v) is 11.2. The molecular formula is C22H31N3O3S. The summed E-state index contributed by atoms with van der Waals surface area (Å²) in [4.78, 5) is 14.9. The van der Waals surface area contributed by atoms with Gasteiger partial charge in [0.1, 0.15) is 6.04 Å². The van der Waals surface area contributed by atoms with E-state index in [2.05, 4.69) is 10.0 Å². The molecule has 2 N–H and O–H groups in total. The van der Waals surface area contributed by atoms with E-state index >= 15 is 0 Å². The van der Waals surface area contributed by atoms with Crippen molar-refractivity contribution in [2.24, 2.45) is 5.92 Å². The molecule has 0 fully saturated rings. The summed E-state index contributed by atoms with van der Waals surface area (Å²) in [5, 5.41) is 2.86. The average Bonchev–Trinajstić information content (AvgIpc) is 2.65. The van der Waals surface area contributed by atoms with E-state index in [0.717, 1.165) is 16.8 Å². The zero-order valence-corrected chi connectivity index (χ0v) is 18.6. The number of nitrogens with one attached hydrogen (secondary N) is 2. The molecule has 0 bridgehead atoms. The Balaban J connectivity index is 2.08. The first-order valence-electron chi connectivity index (χ1n) is 9.71. The molecule has 0 saturated heterocycles. The van der Waals surface area contributed by atoms with E-state index in [0.29, 0.717) is 13.0 Å². The van der Waals surface area contributed by atoms with Gasteiger partial charge in [-0.25, -0.2) is 8.42 Å². The molecule has 7 heteroatoms. The topological polar surface area (TPSA) is 78.5 Å². The standard InChI is InChI=1S/C22H31N3O3S/c1-16(2)14-21(24-29(27,28)20-12-6-17(3)7-13-20)22(26)23-15-18-8-10-19(11-9-18)25(4)5/h6-13,16,21,24H,14-15H2,1-5H3,(H,23,26). The first kappa shape index (κ1) is 22.9. The predicted molar refractivity (Wildman–Crippen MR) is 117 cm³/mol. The fourth-order valence-corrected chi connectivity index (χ4v) is 4.09. The van der Waals surface area contributed by atoms with Crippen molar-refractivity contribution in [1.29, 1.82) is 0 Å². The van der Waals surface area contributed by atoms with E-state index < -0.39 is 16.1 Å². The number of carbonyl (C=O) groups is 1. The Morgan fingerprint density at radius 2 is 1.59 bits per heavy atom. The minimum atomic E-state index is -3.78. The predicted octanol–water partition coefficient (Wildman–Crippen LogP) is 3.07. The fraction of sp³-hybridized carbons (Fsp3) is 0.409. The molecule has 0 radical (unpaired) electrons. The van der Waals surface area contributed by atoms with Crippen LogP contribution in [0, 0.1) is 12.8 Å². The van der Waals surface area contributed by atoms with Crippen LogP contribution in [0.1, 0.15) is 31.4 Å². The Labute approximate surface area is 174 Å². The van der Waals surface area contributed by atoms with E-state index in [1.165, 1.54) is 0 Å². The Morgan fingerprint density at radius 1 is 1.00 bits per heavy atom. The van der Waals surface area contributed by atoms with Crippen molar-refractivity contribution in [3.05, 3.63) is 59.7 Å². The van der Waals surface area contributed by atoms with Crippen LogP contribution in [0.25, 0.3) is 0 Å². The second-order valence-electron chi connectivity index (χ2n) is 7.90. The minimum absolute atomic E-state index is 0.156. The summed E-state index contributed by atoms with van der Waals surface area (Å²) in [6.07, 6.45) is 0.413. The molecule has 0 aromatic heterocycles. The van der Waals surface area contributed by atoms with Crippen molar-refractivity contribution in [2.75, 3.05) is 19.0 Å². The largest absolute Gasteiger partial charge is 0.378 e. The summed E-state index contributed by atoms with van der Waals surface area (Å²) in [5.74, 6) is -0.170. The van der Waals surface area contributed by atoms with Crippen molar-refractivity contribution >= 4 is 21.6 Å². The molecule has 0 saturated carbocycles. The Morgan fingerprint density at radius 3 is 2.10 bits per heavy atom. The highest BCUT2D eigenvalue weighted by atomic mass is 32.2. The van der Waals surface area contributed by atoms with Gasteiger partial charge >= 0.3 is 0 Å². The molecule has 0 aliphatic carbocycles. The smallest absolute Gasteiger partial charge is 0.241 e. The molecule has 0 heterocycles. The molecular weight excluding hydrogens is 386 g/mol. The van der Waals surface area contributed by atoms with E-state index in [-0.39, 0.29) is 16.7 Å². The van der Waals surface area contributed by atoms with Crippen molar-refractivity contribution in [3.8, 4) is 0 Å². The number of benzene rings is 2. The van der Waals surface area contributed by atoms with Crippen LogP contribution in [0.3, 0.4) is 0 Å². The zero-order valence-electron chi connectivity index (χ0n) is 17.8. The molecule has 2 rings (SSSR count). The Kier molecular flexibility index (Phi) is 7.81. The number of aryl methyl sites for hydroxylation is 1. The maximum absolute atomic E-state index is 12.7. The molecule has 1 amide bonds. The van der Waals surface area contributed by atoms with Crippen LogP contribution in [0.15, 0.2) is 53.4 Å². The first-order chi connectivity index (χ1) is 13.6. The van der Waals surface area contributed by atoms with Crippen molar-refractivity contribution in [3.63, 3.8) is 0 Å². The number of anilines is 1. The lowest BCUT2D eigenvalue weighted by molar-refractivity contribution is -0.123. The molecule has 0 aliphatic heterocycles. The molecule has 1 unspecified atom stereocenters. The summed E-state index contributed by atoms with van der Waals surface area (Å²) in [6, 6.07) is 13.6. The lowest BCUT2D eigenvalue weighted by Crippen LogP contribution is -2.47. The normalized spacial score (nSPS) is 12.6. The summed E-state index contributed by atoms with van der Waals surface area (Å²) in [7, 11) is 0.150. The third-order valence-corrected chi connectivity index (χ3v) is 6.06. The maximum Gasteiger partial charge on any atom is 0.241 e. The number of carbonyl (C=O) groups excluding carboxylic acids is 1. The van der Waals surface area contributed by atoms with Gasteiger partial charge in [0.2, 0.25) is 15.9 Å². The lowest BCUT2D eigenvalue weighted by Gasteiger charge is -2.20. The van der Waals surface area contributed by atoms with Gasteiger partial charge in [-0.3, -0.25) is 4.79 Å². The molecule has 6 nitrogen and oxygen atoms in total. The number of amides is 1. The van der Waals surface area contributed by atoms with Crippen molar-refractivity contribution in [1.82, 2.24) is 10.0 Å². The van der Waals surface area contributed by atoms with Gasteiger partial charge in [0, 0.05) is 26.3 Å². The minimum Gasteiger partial charge on any atom is -0.378 e. The SMILES string of the molecule is Cc1ccc(S(=O)(=O)NC(CC(C)C)C(=O)NCc2ccc(N(C)C)cc2)cc1. The number of sulfonamides is 1. The number of hydrogen-bond donors (Lipinski definition) is 2. The van der Waals surface area contributed by atoms with Gasteiger partial charge in [-0.15, -0.1) is 0 Å². The van der Waals surface area contributed by atoms with Gasteiger partial charge in [0.05, 0.1) is 4.90 Å². The third-order valence-electron chi connectivity index (χ3n) is 4.57. The van der Waals surface area contributed by atoms with Crippen LogP contribution >= 0.6 is 0 Å². The van der Waals surface area contributed by atoms with E-state index in [1.54, 1.807) is 24.3 Å². The van der Waals surface area contributed by atoms with Gasteiger partial charge in [-0.05, 0) is 49.1 Å². The average molecular weight is 418 g/mol. The monoisotopic (exact) mass is 417 g/mol. The molecule has 2 aromatic rings. The number of hydrogen-bond acceptors (Lipinski definition) is 4. The highest BCUT2D eigenvalue weighted by molar-refractivity contribution is 7.89. The van der Waals surface area contributed by atoms with E-state index in [1.807, 2.05) is 64.0 Å². The zero-order chi connectivity index (χ0) is 21.6. The van der Waals surface area contributed by atoms with Gasteiger partial charge in [-0.2, -0.15) is 4.72 Å². The summed E-state index contributed by atoms with van der Waals surface area (Å²) >= 11 is 0. The van der Waals surface area contributed by atoms with E-state index in [9.17, 15) is 13.2 Å². The summed E-state index contributed by atoms with van der Waals surface area (Å²) < 4.78 is 28.0. The number of rotatable bonds is 9. The van der Waals surface area contributed by atoms with Crippen LogP contribution in [0.2, 0.25) is 0 Å². The van der Waals surface area contributed by atoms with Crippen LogP contribution in [-0.4, -0.2) is 34.5 Å². The summed E-state index contributed by atoms with van der Waals surface area (Å²) in [5.41, 5.74) is 3.00.